The first-order chi connectivity index (χ1) is 8.74. The van der Waals surface area contributed by atoms with Gasteiger partial charge in [-0.1, -0.05) is 36.4 Å². The lowest BCUT2D eigenvalue weighted by atomic mass is 9.92. The molecule has 0 aromatic heterocycles. The molecular formula is C17H19N. The molecule has 1 N–H and O–H groups in total. The van der Waals surface area contributed by atoms with E-state index in [1.807, 2.05) is 0 Å². The first kappa shape index (κ1) is 11.3. The number of nitrogens with one attached hydrogen (secondary N) is 1. The van der Waals surface area contributed by atoms with Crippen LogP contribution in [0.15, 0.2) is 42.5 Å². The van der Waals surface area contributed by atoms with E-state index >= 15 is 0 Å². The molecule has 1 aliphatic heterocycles. The summed E-state index contributed by atoms with van der Waals surface area (Å²) in [6.07, 6.45) is 2.35. The maximum atomic E-state index is 3.66. The second-order valence-electron chi connectivity index (χ2n) is 5.24. The predicted octanol–water partition coefficient (Wildman–Crippen LogP) is 4.40. The lowest BCUT2D eigenvalue weighted by molar-refractivity contribution is 0.667. The van der Waals surface area contributed by atoms with Crippen molar-refractivity contribution in [3.63, 3.8) is 0 Å². The molecule has 0 amide bonds. The molecule has 1 heteroatoms. The normalized spacial score (nSPS) is 18.0. The minimum absolute atomic E-state index is 0.458. The average Bonchev–Trinajstić information content (AvgIpc) is 2.41. The first-order valence-corrected chi connectivity index (χ1v) is 6.65. The second kappa shape index (κ2) is 4.49. The third kappa shape index (κ3) is 2.01. The van der Waals surface area contributed by atoms with Gasteiger partial charge in [-0.15, -0.1) is 0 Å². The van der Waals surface area contributed by atoms with Gasteiger partial charge in [0.15, 0.2) is 0 Å². The van der Waals surface area contributed by atoms with Gasteiger partial charge in [0.05, 0.1) is 6.04 Å². The summed E-state index contributed by atoms with van der Waals surface area (Å²) in [6.45, 7) is 4.36. The standard InChI is InChI=1S/C17H19N/c1-12-7-8-15(11-13(12)2)17-10-9-14-5-3-4-6-16(14)18-17/h3-8,11,17-18H,9-10H2,1-2H3. The van der Waals surface area contributed by atoms with Crippen molar-refractivity contribution in [3.8, 4) is 0 Å². The van der Waals surface area contributed by atoms with E-state index in [1.54, 1.807) is 0 Å². The largest absolute Gasteiger partial charge is 0.378 e. The zero-order chi connectivity index (χ0) is 12.5. The summed E-state index contributed by atoms with van der Waals surface area (Å²) in [5, 5.41) is 3.66. The summed E-state index contributed by atoms with van der Waals surface area (Å²) in [5.41, 5.74) is 6.90. The summed E-state index contributed by atoms with van der Waals surface area (Å²) in [7, 11) is 0. The number of hydrogen-bond donors (Lipinski definition) is 1. The molecule has 0 fully saturated rings. The smallest absolute Gasteiger partial charge is 0.0517 e. The van der Waals surface area contributed by atoms with Crippen LogP contribution in [0.25, 0.3) is 0 Å². The van der Waals surface area contributed by atoms with Crippen LogP contribution in [0.2, 0.25) is 0 Å². The van der Waals surface area contributed by atoms with Gasteiger partial charge in [-0.2, -0.15) is 0 Å². The highest BCUT2D eigenvalue weighted by molar-refractivity contribution is 5.55. The first-order valence-electron chi connectivity index (χ1n) is 6.65. The Hall–Kier alpha value is -1.76. The molecule has 2 aromatic carbocycles. The van der Waals surface area contributed by atoms with Gasteiger partial charge in [0, 0.05) is 5.69 Å². The molecule has 1 unspecified atom stereocenters. The fourth-order valence-electron chi connectivity index (χ4n) is 2.67. The summed E-state index contributed by atoms with van der Waals surface area (Å²) in [4.78, 5) is 0. The number of hydrogen-bond acceptors (Lipinski definition) is 1. The van der Waals surface area contributed by atoms with Gasteiger partial charge < -0.3 is 5.32 Å². The molecular weight excluding hydrogens is 218 g/mol. The zero-order valence-corrected chi connectivity index (χ0v) is 11.0. The number of benzene rings is 2. The fraction of sp³-hybridized carbons (Fsp3) is 0.294. The summed E-state index contributed by atoms with van der Waals surface area (Å²) in [6, 6.07) is 15.9. The molecule has 0 radical (unpaired) electrons. The molecule has 1 heterocycles. The van der Waals surface area contributed by atoms with Crippen LogP contribution >= 0.6 is 0 Å². The van der Waals surface area contributed by atoms with Crippen LogP contribution in [0.3, 0.4) is 0 Å². The molecule has 2 aromatic rings. The molecule has 92 valence electrons. The van der Waals surface area contributed by atoms with Crippen LogP contribution in [0.5, 0.6) is 0 Å². The Balaban J connectivity index is 1.89. The molecule has 1 nitrogen and oxygen atoms in total. The number of aryl methyl sites for hydroxylation is 3. The SMILES string of the molecule is Cc1ccc(C2CCc3ccccc3N2)cc1C. The molecule has 0 aliphatic carbocycles. The predicted molar refractivity (Wildman–Crippen MR) is 77.0 cm³/mol. The van der Waals surface area contributed by atoms with E-state index in [1.165, 1.54) is 40.8 Å². The Morgan fingerprint density at radius 1 is 1.00 bits per heavy atom. The van der Waals surface area contributed by atoms with Crippen molar-refractivity contribution in [2.24, 2.45) is 0 Å². The van der Waals surface area contributed by atoms with Crippen molar-refractivity contribution in [3.05, 3.63) is 64.7 Å². The lowest BCUT2D eigenvalue weighted by Crippen LogP contribution is -2.18. The van der Waals surface area contributed by atoms with E-state index in [2.05, 4.69) is 61.6 Å². The highest BCUT2D eigenvalue weighted by atomic mass is 14.9. The minimum Gasteiger partial charge on any atom is -0.378 e. The van der Waals surface area contributed by atoms with E-state index < -0.39 is 0 Å². The fourth-order valence-corrected chi connectivity index (χ4v) is 2.67. The Morgan fingerprint density at radius 2 is 1.83 bits per heavy atom. The van der Waals surface area contributed by atoms with Crippen molar-refractivity contribution in [2.45, 2.75) is 32.7 Å². The quantitative estimate of drug-likeness (QED) is 0.775. The van der Waals surface area contributed by atoms with Gasteiger partial charge >= 0.3 is 0 Å². The van der Waals surface area contributed by atoms with Crippen LogP contribution in [0.4, 0.5) is 5.69 Å². The van der Waals surface area contributed by atoms with E-state index in [0.717, 1.165) is 0 Å². The average molecular weight is 237 g/mol. The van der Waals surface area contributed by atoms with Gasteiger partial charge in [0.25, 0.3) is 0 Å². The van der Waals surface area contributed by atoms with Crippen LogP contribution in [-0.4, -0.2) is 0 Å². The Bertz CT molecular complexity index is 572. The van der Waals surface area contributed by atoms with Crippen molar-refractivity contribution in [2.75, 3.05) is 5.32 Å². The van der Waals surface area contributed by atoms with Crippen molar-refractivity contribution >= 4 is 5.69 Å². The molecule has 1 aliphatic rings. The van der Waals surface area contributed by atoms with Crippen molar-refractivity contribution < 1.29 is 0 Å². The maximum absolute atomic E-state index is 3.66. The molecule has 18 heavy (non-hydrogen) atoms. The minimum atomic E-state index is 0.458. The molecule has 1 atom stereocenters. The summed E-state index contributed by atoms with van der Waals surface area (Å²) >= 11 is 0. The maximum Gasteiger partial charge on any atom is 0.0517 e. The third-order valence-corrected chi connectivity index (χ3v) is 3.98. The lowest BCUT2D eigenvalue weighted by Gasteiger charge is -2.27. The zero-order valence-electron chi connectivity index (χ0n) is 11.0. The van der Waals surface area contributed by atoms with Gasteiger partial charge in [-0.25, -0.2) is 0 Å². The third-order valence-electron chi connectivity index (χ3n) is 3.98. The van der Waals surface area contributed by atoms with E-state index in [4.69, 9.17) is 0 Å². The van der Waals surface area contributed by atoms with E-state index in [9.17, 15) is 0 Å². The van der Waals surface area contributed by atoms with Crippen LogP contribution in [-0.2, 0) is 6.42 Å². The Kier molecular flexibility index (Phi) is 2.83. The number of anilines is 1. The summed E-state index contributed by atoms with van der Waals surface area (Å²) < 4.78 is 0. The molecule has 3 rings (SSSR count). The van der Waals surface area contributed by atoms with Crippen LogP contribution in [0.1, 0.15) is 34.7 Å². The monoisotopic (exact) mass is 237 g/mol. The Morgan fingerprint density at radius 3 is 2.67 bits per heavy atom. The van der Waals surface area contributed by atoms with Crippen LogP contribution < -0.4 is 5.32 Å². The number of fused-ring (bicyclic) bond motifs is 1. The highest BCUT2D eigenvalue weighted by Crippen LogP contribution is 2.32. The molecule has 0 saturated heterocycles. The molecule has 0 saturated carbocycles. The van der Waals surface area contributed by atoms with Crippen molar-refractivity contribution in [1.82, 2.24) is 0 Å². The van der Waals surface area contributed by atoms with Gasteiger partial charge in [0.1, 0.15) is 0 Å². The van der Waals surface area contributed by atoms with Gasteiger partial charge in [-0.3, -0.25) is 0 Å². The second-order valence-corrected chi connectivity index (χ2v) is 5.24. The molecule has 0 bridgehead atoms. The molecule has 0 spiro atoms. The number of rotatable bonds is 1. The van der Waals surface area contributed by atoms with E-state index in [0.29, 0.717) is 6.04 Å². The Labute approximate surface area is 109 Å². The van der Waals surface area contributed by atoms with Crippen LogP contribution in [0, 0.1) is 13.8 Å². The summed E-state index contributed by atoms with van der Waals surface area (Å²) in [5.74, 6) is 0. The van der Waals surface area contributed by atoms with Gasteiger partial charge in [-0.05, 0) is 55.0 Å². The van der Waals surface area contributed by atoms with Gasteiger partial charge in [0.2, 0.25) is 0 Å². The van der Waals surface area contributed by atoms with Crippen molar-refractivity contribution in [1.29, 1.82) is 0 Å². The van der Waals surface area contributed by atoms with E-state index in [-0.39, 0.29) is 0 Å². The number of para-hydroxylation sites is 1. The topological polar surface area (TPSA) is 12.0 Å². The highest BCUT2D eigenvalue weighted by Gasteiger charge is 2.18.